The maximum absolute atomic E-state index is 12.3. The van der Waals surface area contributed by atoms with Gasteiger partial charge in [-0.05, 0) is 6.92 Å². The number of rotatable bonds is 2. The summed E-state index contributed by atoms with van der Waals surface area (Å²) < 4.78 is 26.0. The summed E-state index contributed by atoms with van der Waals surface area (Å²) in [5, 5.41) is 0. The van der Waals surface area contributed by atoms with Gasteiger partial charge in [-0.25, -0.2) is 8.42 Å². The van der Waals surface area contributed by atoms with E-state index in [-0.39, 0.29) is 10.9 Å². The molecule has 7 heteroatoms. The predicted octanol–water partition coefficient (Wildman–Crippen LogP) is 0.501. The predicted molar refractivity (Wildman–Crippen MR) is 67.7 cm³/mol. The monoisotopic (exact) mass is 274 g/mol. The lowest BCUT2D eigenvalue weighted by Gasteiger charge is -2.31. The SMILES string of the molecule is CC1CSCCN1S(=O)(=O)c1c[nH]ccc1=O. The normalized spacial score (nSPS) is 22.5. The van der Waals surface area contributed by atoms with Gasteiger partial charge >= 0.3 is 0 Å². The molecule has 0 aromatic carbocycles. The first kappa shape index (κ1) is 12.7. The molecule has 0 amide bonds. The second kappa shape index (κ2) is 4.83. The molecule has 94 valence electrons. The molecule has 2 heterocycles. The summed E-state index contributed by atoms with van der Waals surface area (Å²) in [6.45, 7) is 2.32. The van der Waals surface area contributed by atoms with E-state index in [1.165, 1.54) is 22.8 Å². The van der Waals surface area contributed by atoms with Gasteiger partial charge in [0.25, 0.3) is 0 Å². The van der Waals surface area contributed by atoms with Crippen molar-refractivity contribution in [3.8, 4) is 0 Å². The Morgan fingerprint density at radius 1 is 1.53 bits per heavy atom. The smallest absolute Gasteiger partial charge is 0.248 e. The lowest BCUT2D eigenvalue weighted by atomic mass is 10.4. The standard InChI is InChI=1S/C10H14N2O3S2/c1-8-7-16-5-4-12(8)17(14,15)10-6-11-3-2-9(10)13/h2-3,6,8H,4-5,7H2,1H3,(H,11,13). The van der Waals surface area contributed by atoms with Crippen molar-refractivity contribution in [1.82, 2.24) is 9.29 Å². The second-order valence-electron chi connectivity index (χ2n) is 3.91. The Morgan fingerprint density at radius 3 is 2.94 bits per heavy atom. The maximum atomic E-state index is 12.3. The Labute approximate surface area is 104 Å². The molecule has 0 saturated carbocycles. The minimum Gasteiger partial charge on any atom is -0.366 e. The lowest BCUT2D eigenvalue weighted by molar-refractivity contribution is 0.367. The molecule has 1 unspecified atom stereocenters. The van der Waals surface area contributed by atoms with Crippen LogP contribution < -0.4 is 5.43 Å². The average molecular weight is 274 g/mol. The van der Waals surface area contributed by atoms with Gasteiger partial charge in [-0.3, -0.25) is 4.79 Å². The Bertz CT molecular complexity index is 553. The summed E-state index contributed by atoms with van der Waals surface area (Å²) in [4.78, 5) is 14.1. The van der Waals surface area contributed by atoms with E-state index in [1.807, 2.05) is 6.92 Å². The van der Waals surface area contributed by atoms with Crippen LogP contribution in [0.25, 0.3) is 0 Å². The van der Waals surface area contributed by atoms with E-state index in [4.69, 9.17) is 0 Å². The van der Waals surface area contributed by atoms with Crippen molar-refractivity contribution in [2.75, 3.05) is 18.1 Å². The Kier molecular flexibility index (Phi) is 3.60. The first-order valence-corrected chi connectivity index (χ1v) is 7.89. The van der Waals surface area contributed by atoms with Crippen molar-refractivity contribution in [3.63, 3.8) is 0 Å². The number of H-pyrrole nitrogens is 1. The van der Waals surface area contributed by atoms with Crippen LogP contribution in [0.1, 0.15) is 6.92 Å². The number of aromatic nitrogens is 1. The summed E-state index contributed by atoms with van der Waals surface area (Å²) in [7, 11) is -3.67. The molecule has 1 fully saturated rings. The van der Waals surface area contributed by atoms with Crippen LogP contribution in [0.15, 0.2) is 28.2 Å². The van der Waals surface area contributed by atoms with E-state index in [9.17, 15) is 13.2 Å². The van der Waals surface area contributed by atoms with Crippen molar-refractivity contribution in [2.45, 2.75) is 17.9 Å². The maximum Gasteiger partial charge on any atom is 0.248 e. The first-order valence-electron chi connectivity index (χ1n) is 5.30. The van der Waals surface area contributed by atoms with E-state index in [0.29, 0.717) is 6.54 Å². The fraction of sp³-hybridized carbons (Fsp3) is 0.500. The first-order chi connectivity index (χ1) is 8.03. The quantitative estimate of drug-likeness (QED) is 0.852. The molecule has 1 aromatic heterocycles. The molecule has 17 heavy (non-hydrogen) atoms. The Balaban J connectivity index is 2.43. The molecule has 2 rings (SSSR count). The van der Waals surface area contributed by atoms with Gasteiger partial charge in [0, 0.05) is 42.6 Å². The molecule has 1 atom stereocenters. The highest BCUT2D eigenvalue weighted by Crippen LogP contribution is 2.22. The van der Waals surface area contributed by atoms with Crippen LogP contribution >= 0.6 is 11.8 Å². The van der Waals surface area contributed by atoms with Gasteiger partial charge in [0.15, 0.2) is 0 Å². The highest BCUT2D eigenvalue weighted by molar-refractivity contribution is 7.99. The fourth-order valence-corrected chi connectivity index (χ4v) is 4.69. The van der Waals surface area contributed by atoms with Crippen molar-refractivity contribution in [3.05, 3.63) is 28.7 Å². The minimum absolute atomic E-state index is 0.0710. The van der Waals surface area contributed by atoms with Crippen LogP contribution in [-0.2, 0) is 10.0 Å². The molecule has 5 nitrogen and oxygen atoms in total. The molecule has 0 aliphatic carbocycles. The average Bonchev–Trinajstić information content (AvgIpc) is 2.29. The molecule has 1 N–H and O–H groups in total. The van der Waals surface area contributed by atoms with Crippen molar-refractivity contribution >= 4 is 21.8 Å². The van der Waals surface area contributed by atoms with Gasteiger partial charge in [0.1, 0.15) is 4.90 Å². The molecular formula is C10H14N2O3S2. The molecular weight excluding hydrogens is 260 g/mol. The number of nitrogens with zero attached hydrogens (tertiary/aromatic N) is 1. The van der Waals surface area contributed by atoms with Crippen LogP contribution in [0.4, 0.5) is 0 Å². The molecule has 1 aromatic rings. The van der Waals surface area contributed by atoms with Crippen LogP contribution in [0.5, 0.6) is 0 Å². The number of sulfonamides is 1. The zero-order chi connectivity index (χ0) is 12.5. The summed E-state index contributed by atoms with van der Waals surface area (Å²) in [5.41, 5.74) is -0.464. The van der Waals surface area contributed by atoms with Gasteiger partial charge in [0.2, 0.25) is 15.5 Å². The molecule has 1 aliphatic heterocycles. The zero-order valence-electron chi connectivity index (χ0n) is 9.42. The summed E-state index contributed by atoms with van der Waals surface area (Å²) in [5.74, 6) is 1.54. The third-order valence-corrected chi connectivity index (χ3v) is 5.91. The van der Waals surface area contributed by atoms with Gasteiger partial charge in [-0.1, -0.05) is 0 Å². The number of nitrogens with one attached hydrogen (secondary N) is 1. The van der Waals surface area contributed by atoms with Gasteiger partial charge in [0.05, 0.1) is 0 Å². The van der Waals surface area contributed by atoms with E-state index >= 15 is 0 Å². The molecule has 0 radical (unpaired) electrons. The minimum atomic E-state index is -3.67. The van der Waals surface area contributed by atoms with E-state index < -0.39 is 15.5 Å². The van der Waals surface area contributed by atoms with E-state index in [2.05, 4.69) is 4.98 Å². The number of hydrogen-bond donors (Lipinski definition) is 1. The molecule has 1 aliphatic rings. The topological polar surface area (TPSA) is 70.2 Å². The van der Waals surface area contributed by atoms with Gasteiger partial charge < -0.3 is 4.98 Å². The van der Waals surface area contributed by atoms with Crippen LogP contribution in [0.2, 0.25) is 0 Å². The van der Waals surface area contributed by atoms with Gasteiger partial charge in [-0.2, -0.15) is 16.1 Å². The largest absolute Gasteiger partial charge is 0.366 e. The molecule has 1 saturated heterocycles. The summed E-state index contributed by atoms with van der Waals surface area (Å²) in [6.07, 6.45) is 2.68. The lowest BCUT2D eigenvalue weighted by Crippen LogP contribution is -2.45. The number of pyridine rings is 1. The highest BCUT2D eigenvalue weighted by Gasteiger charge is 2.32. The molecule has 0 spiro atoms. The molecule has 0 bridgehead atoms. The number of thioether (sulfide) groups is 1. The summed E-state index contributed by atoms with van der Waals surface area (Å²) in [6, 6.07) is 1.16. The third-order valence-electron chi connectivity index (χ3n) is 2.68. The zero-order valence-corrected chi connectivity index (χ0v) is 11.1. The van der Waals surface area contributed by atoms with Crippen molar-refractivity contribution in [1.29, 1.82) is 0 Å². The van der Waals surface area contributed by atoms with Crippen LogP contribution in [0.3, 0.4) is 0 Å². The van der Waals surface area contributed by atoms with E-state index in [0.717, 1.165) is 11.5 Å². The highest BCUT2D eigenvalue weighted by atomic mass is 32.2. The Hall–Kier alpha value is -0.790. The fourth-order valence-electron chi connectivity index (χ4n) is 1.80. The Morgan fingerprint density at radius 2 is 2.29 bits per heavy atom. The third kappa shape index (κ3) is 2.41. The van der Waals surface area contributed by atoms with Crippen molar-refractivity contribution in [2.24, 2.45) is 0 Å². The van der Waals surface area contributed by atoms with Gasteiger partial charge in [-0.15, -0.1) is 0 Å². The van der Waals surface area contributed by atoms with Crippen LogP contribution in [-0.4, -0.2) is 41.8 Å². The second-order valence-corrected chi connectivity index (χ2v) is 6.92. The van der Waals surface area contributed by atoms with E-state index in [1.54, 1.807) is 11.8 Å². The number of aromatic amines is 1. The summed E-state index contributed by atoms with van der Waals surface area (Å²) >= 11 is 1.73. The number of hydrogen-bond acceptors (Lipinski definition) is 4. The van der Waals surface area contributed by atoms with Crippen LogP contribution in [0, 0.1) is 0 Å². The van der Waals surface area contributed by atoms with Crippen molar-refractivity contribution < 1.29 is 8.42 Å².